The van der Waals surface area contributed by atoms with Crippen LogP contribution in [0.1, 0.15) is 38.3 Å². The van der Waals surface area contributed by atoms with Crippen molar-refractivity contribution in [1.82, 2.24) is 10.6 Å². The molecule has 6 heteroatoms. The minimum atomic E-state index is -0.863. The van der Waals surface area contributed by atoms with Crippen molar-refractivity contribution in [2.45, 2.75) is 32.7 Å². The number of carboxylic acids is 1. The first-order chi connectivity index (χ1) is 9.90. The summed E-state index contributed by atoms with van der Waals surface area (Å²) in [7, 11) is 0. The minimum Gasteiger partial charge on any atom is -0.481 e. The van der Waals surface area contributed by atoms with Gasteiger partial charge in [-0.2, -0.15) is 0 Å². The Morgan fingerprint density at radius 1 is 1.24 bits per heavy atom. The Morgan fingerprint density at radius 3 is 2.38 bits per heavy atom. The number of halogens is 1. The Hall–Kier alpha value is -1.75. The zero-order valence-electron chi connectivity index (χ0n) is 12.2. The molecule has 0 aromatic heterocycles. The van der Waals surface area contributed by atoms with Crippen molar-refractivity contribution in [3.05, 3.63) is 34.9 Å². The van der Waals surface area contributed by atoms with Gasteiger partial charge in [0.1, 0.15) is 0 Å². The summed E-state index contributed by atoms with van der Waals surface area (Å²) in [6.45, 7) is 4.37. The van der Waals surface area contributed by atoms with E-state index < -0.39 is 5.97 Å². The molecule has 1 unspecified atom stereocenters. The van der Waals surface area contributed by atoms with E-state index in [1.54, 1.807) is 12.1 Å². The Labute approximate surface area is 129 Å². The van der Waals surface area contributed by atoms with E-state index in [4.69, 9.17) is 16.7 Å². The molecular formula is C15H21ClN2O3. The van der Waals surface area contributed by atoms with Gasteiger partial charge in [0, 0.05) is 18.0 Å². The van der Waals surface area contributed by atoms with Crippen molar-refractivity contribution in [2.24, 2.45) is 5.92 Å². The highest BCUT2D eigenvalue weighted by atomic mass is 35.5. The van der Waals surface area contributed by atoms with E-state index in [-0.39, 0.29) is 24.4 Å². The average molecular weight is 313 g/mol. The summed E-state index contributed by atoms with van der Waals surface area (Å²) in [5.74, 6) is -0.644. The molecule has 0 saturated carbocycles. The Bertz CT molecular complexity index is 474. The molecular weight excluding hydrogens is 292 g/mol. The van der Waals surface area contributed by atoms with Gasteiger partial charge in [-0.15, -0.1) is 0 Å². The highest BCUT2D eigenvalue weighted by Gasteiger charge is 2.18. The summed E-state index contributed by atoms with van der Waals surface area (Å²) in [6, 6.07) is 6.93. The second-order valence-corrected chi connectivity index (χ2v) is 5.61. The van der Waals surface area contributed by atoms with Gasteiger partial charge in [-0.05, 0) is 30.0 Å². The first-order valence-corrected chi connectivity index (χ1v) is 7.29. The van der Waals surface area contributed by atoms with Gasteiger partial charge in [0.15, 0.2) is 0 Å². The molecule has 21 heavy (non-hydrogen) atoms. The fourth-order valence-corrected chi connectivity index (χ4v) is 2.06. The predicted octanol–water partition coefficient (Wildman–Crippen LogP) is 3.20. The molecule has 0 saturated heterocycles. The number of rotatable bonds is 7. The smallest absolute Gasteiger partial charge is 0.315 e. The maximum absolute atomic E-state index is 11.8. The first kappa shape index (κ1) is 17.3. The summed E-state index contributed by atoms with van der Waals surface area (Å²) >= 11 is 5.86. The molecule has 1 rings (SSSR count). The van der Waals surface area contributed by atoms with Crippen molar-refractivity contribution >= 4 is 23.6 Å². The van der Waals surface area contributed by atoms with Crippen molar-refractivity contribution in [2.75, 3.05) is 6.54 Å². The number of aliphatic carboxylic acids is 1. The second kappa shape index (κ2) is 8.52. The van der Waals surface area contributed by atoms with Crippen LogP contribution < -0.4 is 10.6 Å². The van der Waals surface area contributed by atoms with E-state index in [0.29, 0.717) is 18.0 Å². The highest BCUT2D eigenvalue weighted by Crippen LogP contribution is 2.23. The van der Waals surface area contributed by atoms with E-state index in [2.05, 4.69) is 10.6 Å². The monoisotopic (exact) mass is 312 g/mol. The number of nitrogens with one attached hydrogen (secondary N) is 2. The molecule has 0 radical (unpaired) electrons. The van der Waals surface area contributed by atoms with Gasteiger partial charge in [0.25, 0.3) is 0 Å². The molecule has 0 spiro atoms. The van der Waals surface area contributed by atoms with E-state index in [1.165, 1.54) is 0 Å². The molecule has 0 aliphatic rings. The van der Waals surface area contributed by atoms with Gasteiger partial charge in [0.2, 0.25) is 0 Å². The number of carboxylic acid groups (broad SMARTS) is 1. The van der Waals surface area contributed by atoms with Gasteiger partial charge < -0.3 is 15.7 Å². The SMILES string of the molecule is CC(C)C(NC(=O)NCCCC(=O)O)c1ccc(Cl)cc1. The predicted molar refractivity (Wildman–Crippen MR) is 82.4 cm³/mol. The Kier molecular flexibility index (Phi) is 7.02. The number of hydrogen-bond acceptors (Lipinski definition) is 2. The average Bonchev–Trinajstić information content (AvgIpc) is 2.41. The van der Waals surface area contributed by atoms with Crippen LogP contribution in [0.2, 0.25) is 5.02 Å². The van der Waals surface area contributed by atoms with Crippen LogP contribution in [-0.4, -0.2) is 23.7 Å². The molecule has 1 aromatic rings. The van der Waals surface area contributed by atoms with E-state index >= 15 is 0 Å². The van der Waals surface area contributed by atoms with Crippen LogP contribution >= 0.6 is 11.6 Å². The number of hydrogen-bond donors (Lipinski definition) is 3. The lowest BCUT2D eigenvalue weighted by atomic mass is 9.96. The Morgan fingerprint density at radius 2 is 1.86 bits per heavy atom. The summed E-state index contributed by atoms with van der Waals surface area (Å²) in [4.78, 5) is 22.2. The highest BCUT2D eigenvalue weighted by molar-refractivity contribution is 6.30. The zero-order valence-corrected chi connectivity index (χ0v) is 13.0. The van der Waals surface area contributed by atoms with Crippen LogP contribution in [0.15, 0.2) is 24.3 Å². The molecule has 1 atom stereocenters. The van der Waals surface area contributed by atoms with E-state index in [1.807, 2.05) is 26.0 Å². The standard InChI is InChI=1S/C15H21ClN2O3/c1-10(2)14(11-5-7-12(16)8-6-11)18-15(21)17-9-3-4-13(19)20/h5-8,10,14H,3-4,9H2,1-2H3,(H,19,20)(H2,17,18,21). The summed E-state index contributed by atoms with van der Waals surface area (Å²) in [6.07, 6.45) is 0.459. The quantitative estimate of drug-likeness (QED) is 0.676. The fraction of sp³-hybridized carbons (Fsp3) is 0.467. The molecule has 116 valence electrons. The molecule has 0 fully saturated rings. The van der Waals surface area contributed by atoms with Crippen molar-refractivity contribution < 1.29 is 14.7 Å². The molecule has 0 heterocycles. The summed E-state index contributed by atoms with van der Waals surface area (Å²) < 4.78 is 0. The van der Waals surface area contributed by atoms with Gasteiger partial charge >= 0.3 is 12.0 Å². The van der Waals surface area contributed by atoms with Gasteiger partial charge in [-0.3, -0.25) is 4.79 Å². The number of amides is 2. The minimum absolute atomic E-state index is 0.0467. The third-order valence-corrected chi connectivity index (χ3v) is 3.29. The molecule has 0 aliphatic heterocycles. The molecule has 0 aliphatic carbocycles. The molecule has 5 nitrogen and oxygen atoms in total. The third-order valence-electron chi connectivity index (χ3n) is 3.04. The maximum Gasteiger partial charge on any atom is 0.315 e. The van der Waals surface area contributed by atoms with E-state index in [0.717, 1.165) is 5.56 Å². The molecule has 0 bridgehead atoms. The number of urea groups is 1. The number of carbonyl (C=O) groups is 2. The van der Waals surface area contributed by atoms with Crippen LogP contribution in [0.25, 0.3) is 0 Å². The van der Waals surface area contributed by atoms with Crippen LogP contribution in [-0.2, 0) is 4.79 Å². The number of carbonyl (C=O) groups excluding carboxylic acids is 1. The van der Waals surface area contributed by atoms with Crippen molar-refractivity contribution in [1.29, 1.82) is 0 Å². The molecule has 1 aromatic carbocycles. The topological polar surface area (TPSA) is 78.4 Å². The van der Waals surface area contributed by atoms with E-state index in [9.17, 15) is 9.59 Å². The second-order valence-electron chi connectivity index (χ2n) is 5.17. The summed E-state index contributed by atoms with van der Waals surface area (Å²) in [5.41, 5.74) is 0.982. The van der Waals surface area contributed by atoms with Gasteiger partial charge in [-0.1, -0.05) is 37.6 Å². The lowest BCUT2D eigenvalue weighted by Crippen LogP contribution is -2.40. The van der Waals surface area contributed by atoms with Crippen LogP contribution in [0.3, 0.4) is 0 Å². The van der Waals surface area contributed by atoms with Crippen LogP contribution in [0, 0.1) is 5.92 Å². The van der Waals surface area contributed by atoms with Crippen LogP contribution in [0.5, 0.6) is 0 Å². The normalized spacial score (nSPS) is 12.0. The van der Waals surface area contributed by atoms with Crippen LogP contribution in [0.4, 0.5) is 4.79 Å². The van der Waals surface area contributed by atoms with Gasteiger partial charge in [-0.25, -0.2) is 4.79 Å². The Balaban J connectivity index is 2.52. The maximum atomic E-state index is 11.8. The molecule has 2 amide bonds. The zero-order chi connectivity index (χ0) is 15.8. The van der Waals surface area contributed by atoms with Gasteiger partial charge in [0.05, 0.1) is 6.04 Å². The first-order valence-electron chi connectivity index (χ1n) is 6.91. The fourth-order valence-electron chi connectivity index (χ4n) is 1.94. The lowest BCUT2D eigenvalue weighted by Gasteiger charge is -2.23. The lowest BCUT2D eigenvalue weighted by molar-refractivity contribution is -0.137. The third kappa shape index (κ3) is 6.49. The van der Waals surface area contributed by atoms with Crippen molar-refractivity contribution in [3.63, 3.8) is 0 Å². The summed E-state index contributed by atoms with van der Waals surface area (Å²) in [5, 5.41) is 14.7. The van der Waals surface area contributed by atoms with Crippen molar-refractivity contribution in [3.8, 4) is 0 Å². The molecule has 3 N–H and O–H groups in total. The number of benzene rings is 1. The largest absolute Gasteiger partial charge is 0.481 e.